The Balaban J connectivity index is 1.93. The highest BCUT2D eigenvalue weighted by Gasteiger charge is 2.08. The summed E-state index contributed by atoms with van der Waals surface area (Å²) < 4.78 is 0. The molecular weight excluding hydrogens is 373 g/mol. The lowest BCUT2D eigenvalue weighted by Gasteiger charge is -2.10. The van der Waals surface area contributed by atoms with E-state index in [1.54, 1.807) is 18.2 Å². The number of aryl methyl sites for hydroxylation is 1. The summed E-state index contributed by atoms with van der Waals surface area (Å²) in [5, 5.41) is 9.36. The van der Waals surface area contributed by atoms with Crippen LogP contribution in [0.2, 0.25) is 10.0 Å². The van der Waals surface area contributed by atoms with Crippen LogP contribution in [-0.4, -0.2) is 22.5 Å². The van der Waals surface area contributed by atoms with E-state index in [9.17, 15) is 4.79 Å². The number of aromatic nitrogens is 2. The Morgan fingerprint density at radius 1 is 1.04 bits per heavy atom. The molecule has 2 aromatic rings. The van der Waals surface area contributed by atoms with Crippen LogP contribution in [0.25, 0.3) is 0 Å². The Hall–Kier alpha value is -2.05. The number of nitrogens with zero attached hydrogens (tertiary/aromatic N) is 2. The molecule has 0 bridgehead atoms. The van der Waals surface area contributed by atoms with Crippen molar-refractivity contribution in [2.75, 3.05) is 22.5 Å². The van der Waals surface area contributed by atoms with E-state index >= 15 is 0 Å². The summed E-state index contributed by atoms with van der Waals surface area (Å²) in [5.41, 5.74) is 1.29. The molecule has 1 aromatic heterocycles. The standard InChI is InChI=1S/C18H23Cl2N5O/c1-3-4-5-6-9-21-16-10-12(2)22-17(24-16)25-18(26)23-13-7-8-14(19)15(20)11-13/h7-8,10-11H,3-6,9H2,1-2H3,(H3,21,22,23,24,25,26). The van der Waals surface area contributed by atoms with Gasteiger partial charge in [0.05, 0.1) is 10.0 Å². The van der Waals surface area contributed by atoms with Crippen molar-refractivity contribution in [3.05, 3.63) is 40.0 Å². The van der Waals surface area contributed by atoms with Crippen LogP contribution in [0.3, 0.4) is 0 Å². The smallest absolute Gasteiger partial charge is 0.326 e. The fourth-order valence-electron chi connectivity index (χ4n) is 2.32. The topological polar surface area (TPSA) is 78.9 Å². The van der Waals surface area contributed by atoms with Crippen molar-refractivity contribution in [2.45, 2.75) is 39.5 Å². The van der Waals surface area contributed by atoms with Crippen molar-refractivity contribution in [3.63, 3.8) is 0 Å². The minimum Gasteiger partial charge on any atom is -0.370 e. The van der Waals surface area contributed by atoms with Crippen LogP contribution >= 0.6 is 23.2 Å². The zero-order valence-electron chi connectivity index (χ0n) is 14.9. The van der Waals surface area contributed by atoms with E-state index in [1.807, 2.05) is 13.0 Å². The number of hydrogen-bond acceptors (Lipinski definition) is 4. The fourth-order valence-corrected chi connectivity index (χ4v) is 2.62. The molecule has 0 atom stereocenters. The number of urea groups is 1. The minimum absolute atomic E-state index is 0.235. The number of hydrogen-bond donors (Lipinski definition) is 3. The van der Waals surface area contributed by atoms with Crippen molar-refractivity contribution in [1.82, 2.24) is 9.97 Å². The number of amides is 2. The van der Waals surface area contributed by atoms with Gasteiger partial charge in [-0.2, -0.15) is 4.98 Å². The monoisotopic (exact) mass is 395 g/mol. The lowest BCUT2D eigenvalue weighted by atomic mass is 10.2. The summed E-state index contributed by atoms with van der Waals surface area (Å²) in [4.78, 5) is 20.7. The second-order valence-corrected chi connectivity index (χ2v) is 6.73. The first-order valence-corrected chi connectivity index (χ1v) is 9.36. The zero-order valence-corrected chi connectivity index (χ0v) is 16.4. The van der Waals surface area contributed by atoms with Crippen LogP contribution in [0, 0.1) is 6.92 Å². The number of benzene rings is 1. The Morgan fingerprint density at radius 3 is 2.58 bits per heavy atom. The second-order valence-electron chi connectivity index (χ2n) is 5.91. The van der Waals surface area contributed by atoms with E-state index in [1.165, 1.54) is 19.3 Å². The van der Waals surface area contributed by atoms with Crippen LogP contribution in [0.15, 0.2) is 24.3 Å². The summed E-state index contributed by atoms with van der Waals surface area (Å²) >= 11 is 11.8. The van der Waals surface area contributed by atoms with Gasteiger partial charge in [-0.3, -0.25) is 5.32 Å². The highest BCUT2D eigenvalue weighted by Crippen LogP contribution is 2.25. The maximum atomic E-state index is 12.1. The van der Waals surface area contributed by atoms with E-state index in [0.29, 0.717) is 21.6 Å². The lowest BCUT2D eigenvalue weighted by Crippen LogP contribution is -2.21. The molecular formula is C18H23Cl2N5O. The van der Waals surface area contributed by atoms with Crippen molar-refractivity contribution < 1.29 is 4.79 Å². The van der Waals surface area contributed by atoms with Crippen molar-refractivity contribution in [2.24, 2.45) is 0 Å². The molecule has 0 saturated carbocycles. The SMILES string of the molecule is CCCCCCNc1cc(C)nc(NC(=O)Nc2ccc(Cl)c(Cl)c2)n1. The highest BCUT2D eigenvalue weighted by atomic mass is 35.5. The Labute approximate surface area is 163 Å². The molecule has 0 aliphatic rings. The molecule has 2 rings (SSSR count). The quantitative estimate of drug-likeness (QED) is 0.498. The van der Waals surface area contributed by atoms with Gasteiger partial charge < -0.3 is 10.6 Å². The molecule has 0 fully saturated rings. The molecule has 0 aliphatic carbocycles. The molecule has 26 heavy (non-hydrogen) atoms. The van der Waals surface area contributed by atoms with Gasteiger partial charge in [-0.1, -0.05) is 49.4 Å². The second kappa shape index (κ2) is 10.2. The summed E-state index contributed by atoms with van der Waals surface area (Å²) in [6, 6.07) is 6.24. The van der Waals surface area contributed by atoms with Crippen LogP contribution < -0.4 is 16.0 Å². The third-order valence-electron chi connectivity index (χ3n) is 3.59. The molecule has 6 nitrogen and oxygen atoms in total. The summed E-state index contributed by atoms with van der Waals surface area (Å²) in [7, 11) is 0. The minimum atomic E-state index is -0.456. The molecule has 140 valence electrons. The van der Waals surface area contributed by atoms with Crippen LogP contribution in [0.4, 0.5) is 22.2 Å². The van der Waals surface area contributed by atoms with Gasteiger partial charge in [-0.25, -0.2) is 9.78 Å². The van der Waals surface area contributed by atoms with Gasteiger partial charge in [0.1, 0.15) is 5.82 Å². The Kier molecular flexibility index (Phi) is 7.94. The predicted molar refractivity (Wildman–Crippen MR) is 109 cm³/mol. The van der Waals surface area contributed by atoms with Crippen LogP contribution in [-0.2, 0) is 0 Å². The van der Waals surface area contributed by atoms with Gasteiger partial charge >= 0.3 is 6.03 Å². The molecule has 1 aromatic carbocycles. The van der Waals surface area contributed by atoms with Gasteiger partial charge in [-0.15, -0.1) is 0 Å². The van der Waals surface area contributed by atoms with Gasteiger partial charge in [0.25, 0.3) is 0 Å². The molecule has 0 aliphatic heterocycles. The molecule has 0 saturated heterocycles. The number of anilines is 3. The van der Waals surface area contributed by atoms with Crippen LogP contribution in [0.5, 0.6) is 0 Å². The van der Waals surface area contributed by atoms with Crippen molar-refractivity contribution in [1.29, 1.82) is 0 Å². The number of unbranched alkanes of at least 4 members (excludes halogenated alkanes) is 3. The largest absolute Gasteiger partial charge is 0.370 e. The van der Waals surface area contributed by atoms with E-state index in [-0.39, 0.29) is 5.95 Å². The summed E-state index contributed by atoms with van der Waals surface area (Å²) in [6.45, 7) is 4.87. The summed E-state index contributed by atoms with van der Waals surface area (Å²) in [5.74, 6) is 0.928. The number of carbonyl (C=O) groups is 1. The van der Waals surface area contributed by atoms with Crippen molar-refractivity contribution in [3.8, 4) is 0 Å². The molecule has 2 amide bonds. The summed E-state index contributed by atoms with van der Waals surface area (Å²) in [6.07, 6.45) is 4.70. The lowest BCUT2D eigenvalue weighted by molar-refractivity contribution is 0.262. The van der Waals surface area contributed by atoms with Crippen LogP contribution in [0.1, 0.15) is 38.3 Å². The number of nitrogens with one attached hydrogen (secondary N) is 3. The van der Waals surface area contributed by atoms with Gasteiger partial charge in [0.15, 0.2) is 0 Å². The number of halogens is 2. The van der Waals surface area contributed by atoms with E-state index < -0.39 is 6.03 Å². The number of carbonyl (C=O) groups excluding carboxylic acids is 1. The Bertz CT molecular complexity index is 754. The predicted octanol–water partition coefficient (Wildman–Crippen LogP) is 5.73. The third kappa shape index (κ3) is 6.69. The normalized spacial score (nSPS) is 10.5. The first-order valence-electron chi connectivity index (χ1n) is 8.60. The van der Waals surface area contributed by atoms with Crippen molar-refractivity contribution >= 4 is 46.7 Å². The molecule has 1 heterocycles. The molecule has 0 radical (unpaired) electrons. The molecule has 0 spiro atoms. The average Bonchev–Trinajstić information content (AvgIpc) is 2.57. The maximum absolute atomic E-state index is 12.1. The maximum Gasteiger partial charge on any atom is 0.326 e. The molecule has 0 unspecified atom stereocenters. The van der Waals surface area contributed by atoms with Gasteiger partial charge in [-0.05, 0) is 31.5 Å². The average molecular weight is 396 g/mol. The zero-order chi connectivity index (χ0) is 18.9. The van der Waals surface area contributed by atoms with E-state index in [0.717, 1.165) is 18.7 Å². The fraction of sp³-hybridized carbons (Fsp3) is 0.389. The van der Waals surface area contributed by atoms with E-state index in [4.69, 9.17) is 23.2 Å². The van der Waals surface area contributed by atoms with Gasteiger partial charge in [0.2, 0.25) is 5.95 Å². The Morgan fingerprint density at radius 2 is 1.85 bits per heavy atom. The molecule has 3 N–H and O–H groups in total. The van der Waals surface area contributed by atoms with Gasteiger partial charge in [0, 0.05) is 24.0 Å². The third-order valence-corrected chi connectivity index (χ3v) is 4.33. The molecule has 8 heteroatoms. The first kappa shape index (κ1) is 20.3. The first-order chi connectivity index (χ1) is 12.5. The highest BCUT2D eigenvalue weighted by molar-refractivity contribution is 6.42. The number of rotatable bonds is 8. The van der Waals surface area contributed by atoms with E-state index in [2.05, 4.69) is 32.8 Å².